The molecule has 0 N–H and O–H groups in total. The molecule has 256 valence electrons. The molecule has 3 heterocycles. The van der Waals surface area contributed by atoms with Crippen molar-refractivity contribution in [3.8, 4) is 56.4 Å². The van der Waals surface area contributed by atoms with Gasteiger partial charge >= 0.3 is 0 Å². The largest absolute Gasteiger partial charge is 0.456 e. The van der Waals surface area contributed by atoms with Crippen LogP contribution in [-0.4, -0.2) is 15.0 Å². The van der Waals surface area contributed by atoms with Crippen molar-refractivity contribution >= 4 is 43.9 Å². The summed E-state index contributed by atoms with van der Waals surface area (Å²) >= 11 is 0. The standard InChI is InChI=1S/C49H33N3O2/c1-3-49(2)39-26-31(23-24-33(39)37-27-38-34-17-7-9-20-41(34)54-44(38)28-40(37)49)30-15-11-16-32(25-30)47-50-46(29-13-5-4-6-14-29)51-48(52-47)36-19-12-22-43-45(36)35-18-8-10-21-42(35)53-43/h4-28H,3H2,1-2H3. The van der Waals surface area contributed by atoms with Crippen molar-refractivity contribution in [3.05, 3.63) is 163 Å². The van der Waals surface area contributed by atoms with E-state index >= 15 is 0 Å². The van der Waals surface area contributed by atoms with Gasteiger partial charge in [-0.05, 0) is 82.3 Å². The van der Waals surface area contributed by atoms with E-state index in [2.05, 4.69) is 98.8 Å². The van der Waals surface area contributed by atoms with Crippen molar-refractivity contribution in [1.29, 1.82) is 0 Å². The molecule has 0 bridgehead atoms. The average molecular weight is 696 g/mol. The lowest BCUT2D eigenvalue weighted by Gasteiger charge is -2.26. The van der Waals surface area contributed by atoms with E-state index in [9.17, 15) is 0 Å². The van der Waals surface area contributed by atoms with Gasteiger partial charge in [0.15, 0.2) is 17.5 Å². The molecule has 3 aromatic heterocycles. The highest BCUT2D eigenvalue weighted by Gasteiger charge is 2.39. The van der Waals surface area contributed by atoms with Crippen molar-refractivity contribution in [2.24, 2.45) is 0 Å². The van der Waals surface area contributed by atoms with Crippen LogP contribution in [0.3, 0.4) is 0 Å². The molecule has 0 fully saturated rings. The third kappa shape index (κ3) is 4.55. The van der Waals surface area contributed by atoms with Crippen LogP contribution in [0.15, 0.2) is 160 Å². The Morgan fingerprint density at radius 3 is 1.87 bits per heavy atom. The van der Waals surface area contributed by atoms with Crippen LogP contribution in [0.5, 0.6) is 0 Å². The highest BCUT2D eigenvalue weighted by atomic mass is 16.3. The van der Waals surface area contributed by atoms with Crippen molar-refractivity contribution in [2.45, 2.75) is 25.7 Å². The lowest BCUT2D eigenvalue weighted by atomic mass is 9.77. The Morgan fingerprint density at radius 1 is 0.426 bits per heavy atom. The van der Waals surface area contributed by atoms with Crippen molar-refractivity contribution in [3.63, 3.8) is 0 Å². The van der Waals surface area contributed by atoms with Crippen LogP contribution in [0, 0.1) is 0 Å². The fraction of sp³-hybridized carbons (Fsp3) is 0.0816. The second kappa shape index (κ2) is 11.6. The van der Waals surface area contributed by atoms with Crippen LogP contribution in [0.2, 0.25) is 0 Å². The van der Waals surface area contributed by atoms with Gasteiger partial charge in [0.2, 0.25) is 0 Å². The van der Waals surface area contributed by atoms with Gasteiger partial charge < -0.3 is 8.83 Å². The van der Waals surface area contributed by atoms with E-state index in [1.165, 1.54) is 22.3 Å². The summed E-state index contributed by atoms with van der Waals surface area (Å²) in [5.41, 5.74) is 13.6. The van der Waals surface area contributed by atoms with Gasteiger partial charge in [0.05, 0.1) is 0 Å². The molecule has 1 aliphatic rings. The minimum atomic E-state index is -0.155. The molecule has 0 saturated carbocycles. The third-order valence-electron chi connectivity index (χ3n) is 11.5. The summed E-state index contributed by atoms with van der Waals surface area (Å²) < 4.78 is 12.6. The zero-order valence-electron chi connectivity index (χ0n) is 29.8. The fourth-order valence-corrected chi connectivity index (χ4v) is 8.53. The van der Waals surface area contributed by atoms with Crippen molar-refractivity contribution in [1.82, 2.24) is 15.0 Å². The van der Waals surface area contributed by atoms with Gasteiger partial charge in [0.25, 0.3) is 0 Å². The number of hydrogen-bond donors (Lipinski definition) is 0. The van der Waals surface area contributed by atoms with Crippen LogP contribution in [-0.2, 0) is 5.41 Å². The molecular weight excluding hydrogens is 663 g/mol. The molecule has 0 spiro atoms. The summed E-state index contributed by atoms with van der Waals surface area (Å²) in [5.74, 6) is 1.85. The van der Waals surface area contributed by atoms with Crippen molar-refractivity contribution in [2.75, 3.05) is 0 Å². The first-order valence-corrected chi connectivity index (χ1v) is 18.5. The summed E-state index contributed by atoms with van der Waals surface area (Å²) in [6, 6.07) is 52.7. The van der Waals surface area contributed by atoms with Crippen LogP contribution >= 0.6 is 0 Å². The summed E-state index contributed by atoms with van der Waals surface area (Å²) in [6.45, 7) is 4.65. The Morgan fingerprint density at radius 2 is 1.04 bits per heavy atom. The lowest BCUT2D eigenvalue weighted by molar-refractivity contribution is 0.563. The molecule has 0 amide bonds. The summed E-state index contributed by atoms with van der Waals surface area (Å²) in [7, 11) is 0. The number of furan rings is 2. The van der Waals surface area contributed by atoms with E-state index in [0.29, 0.717) is 17.5 Å². The van der Waals surface area contributed by atoms with Crippen molar-refractivity contribution < 1.29 is 8.83 Å². The maximum Gasteiger partial charge on any atom is 0.164 e. The quantitative estimate of drug-likeness (QED) is 0.179. The first kappa shape index (κ1) is 30.7. The van der Waals surface area contributed by atoms with Gasteiger partial charge in [-0.15, -0.1) is 0 Å². The summed E-state index contributed by atoms with van der Waals surface area (Å²) in [6.07, 6.45) is 0.969. The Bertz CT molecular complexity index is 3120. The Balaban J connectivity index is 1.05. The molecule has 7 aromatic carbocycles. The molecule has 0 saturated heterocycles. The molecule has 5 nitrogen and oxygen atoms in total. The minimum Gasteiger partial charge on any atom is -0.456 e. The van der Waals surface area contributed by atoms with Gasteiger partial charge in [-0.2, -0.15) is 0 Å². The monoisotopic (exact) mass is 695 g/mol. The first-order chi connectivity index (χ1) is 26.6. The first-order valence-electron chi connectivity index (χ1n) is 18.5. The summed E-state index contributed by atoms with van der Waals surface area (Å²) in [4.78, 5) is 15.3. The van der Waals surface area contributed by atoms with Crippen LogP contribution in [0.1, 0.15) is 31.4 Å². The number of benzene rings is 7. The predicted octanol–water partition coefficient (Wildman–Crippen LogP) is 13.0. The molecule has 1 aliphatic carbocycles. The zero-order valence-corrected chi connectivity index (χ0v) is 29.8. The van der Waals surface area contributed by atoms with Gasteiger partial charge in [-0.3, -0.25) is 0 Å². The van der Waals surface area contributed by atoms with Gasteiger partial charge in [0, 0.05) is 43.7 Å². The second-order valence-corrected chi connectivity index (χ2v) is 14.5. The van der Waals surface area contributed by atoms with Gasteiger partial charge in [0.1, 0.15) is 22.3 Å². The number of nitrogens with zero attached hydrogens (tertiary/aromatic N) is 3. The number of para-hydroxylation sites is 2. The Labute approximate surface area is 311 Å². The normalized spacial score (nSPS) is 15.0. The number of hydrogen-bond acceptors (Lipinski definition) is 5. The molecule has 0 aliphatic heterocycles. The van der Waals surface area contributed by atoms with E-state index in [1.807, 2.05) is 66.7 Å². The maximum atomic E-state index is 6.35. The smallest absolute Gasteiger partial charge is 0.164 e. The molecule has 1 atom stereocenters. The van der Waals surface area contributed by atoms with Crippen LogP contribution in [0.25, 0.3) is 100 Å². The van der Waals surface area contributed by atoms with E-state index in [-0.39, 0.29) is 5.41 Å². The summed E-state index contributed by atoms with van der Waals surface area (Å²) in [5, 5.41) is 4.35. The average Bonchev–Trinajstić information content (AvgIpc) is 3.88. The third-order valence-corrected chi connectivity index (χ3v) is 11.5. The molecule has 1 unspecified atom stereocenters. The molecule has 10 aromatic rings. The topological polar surface area (TPSA) is 65.0 Å². The predicted molar refractivity (Wildman–Crippen MR) is 218 cm³/mol. The van der Waals surface area contributed by atoms with E-state index < -0.39 is 0 Å². The number of aromatic nitrogens is 3. The Hall–Kier alpha value is -6.85. The van der Waals surface area contributed by atoms with Gasteiger partial charge in [-0.25, -0.2) is 15.0 Å². The molecule has 11 rings (SSSR count). The second-order valence-electron chi connectivity index (χ2n) is 14.5. The SMILES string of the molecule is CCC1(C)c2cc(-c3cccc(-c4nc(-c5ccccc5)nc(-c5cccc6oc7ccccc7c56)n4)c3)ccc2-c2cc3c(cc21)oc1ccccc13. The van der Waals surface area contributed by atoms with E-state index in [1.54, 1.807) is 0 Å². The van der Waals surface area contributed by atoms with Gasteiger partial charge in [-0.1, -0.05) is 123 Å². The zero-order chi connectivity index (χ0) is 36.0. The highest BCUT2D eigenvalue weighted by Crippen LogP contribution is 2.53. The Kier molecular flexibility index (Phi) is 6.59. The van der Waals surface area contributed by atoms with E-state index in [4.69, 9.17) is 23.8 Å². The maximum absolute atomic E-state index is 6.35. The van der Waals surface area contributed by atoms with E-state index in [0.717, 1.165) is 78.1 Å². The fourth-order valence-electron chi connectivity index (χ4n) is 8.53. The number of fused-ring (bicyclic) bond motifs is 9. The van der Waals surface area contributed by atoms with Crippen LogP contribution < -0.4 is 0 Å². The lowest BCUT2D eigenvalue weighted by Crippen LogP contribution is -2.19. The number of rotatable bonds is 5. The molecule has 54 heavy (non-hydrogen) atoms. The molecule has 5 heteroatoms. The molecular formula is C49H33N3O2. The molecule has 0 radical (unpaired) electrons. The highest BCUT2D eigenvalue weighted by molar-refractivity contribution is 6.12. The van der Waals surface area contributed by atoms with Crippen LogP contribution in [0.4, 0.5) is 0 Å². The minimum absolute atomic E-state index is 0.155.